The quantitative estimate of drug-likeness (QED) is 0.329. The molecule has 160 valence electrons. The van der Waals surface area contributed by atoms with Gasteiger partial charge in [-0.2, -0.15) is 0 Å². The maximum atomic E-state index is 6.20. The third kappa shape index (κ3) is 6.02. The van der Waals surface area contributed by atoms with Crippen LogP contribution in [0.1, 0.15) is 63.6 Å². The fourth-order valence-electron chi connectivity index (χ4n) is 3.16. The first-order valence-corrected chi connectivity index (χ1v) is 11.8. The smallest absolute Gasteiger partial charge is 0.191 e. The Balaban J connectivity index is 1.75. The second-order valence-corrected chi connectivity index (χ2v) is 9.62. The minimum absolute atomic E-state index is 0.189. The third-order valence-corrected chi connectivity index (χ3v) is 6.09. The van der Waals surface area contributed by atoms with Gasteiger partial charge in [-0.25, -0.2) is 0 Å². The average molecular weight is 444 g/mol. The van der Waals surface area contributed by atoms with Gasteiger partial charge < -0.3 is 9.30 Å². The van der Waals surface area contributed by atoms with E-state index in [1.165, 1.54) is 11.1 Å². The normalized spacial score (nSPS) is 12.5. The zero-order valence-corrected chi connectivity index (χ0v) is 19.9. The molecule has 1 heterocycles. The van der Waals surface area contributed by atoms with Gasteiger partial charge in [0.15, 0.2) is 17.1 Å². The molecular formula is C24H30ClN3OS. The number of hydrogen-bond acceptors (Lipinski definition) is 4. The highest BCUT2D eigenvalue weighted by atomic mass is 35.5. The molecule has 0 radical (unpaired) electrons. The van der Waals surface area contributed by atoms with Crippen LogP contribution in [0.4, 0.5) is 0 Å². The minimum atomic E-state index is -0.189. The molecule has 0 aliphatic rings. The van der Waals surface area contributed by atoms with Gasteiger partial charge in [-0.1, -0.05) is 75.3 Å². The summed E-state index contributed by atoms with van der Waals surface area (Å²) in [4.78, 5) is 0. The Morgan fingerprint density at radius 2 is 1.60 bits per heavy atom. The zero-order chi connectivity index (χ0) is 21.7. The lowest BCUT2D eigenvalue weighted by molar-refractivity contribution is 0.207. The summed E-state index contributed by atoms with van der Waals surface area (Å²) in [6, 6.07) is 16.2. The molecule has 0 saturated carbocycles. The molecule has 0 bridgehead atoms. The van der Waals surface area contributed by atoms with Crippen molar-refractivity contribution in [3.63, 3.8) is 0 Å². The summed E-state index contributed by atoms with van der Waals surface area (Å²) in [5.41, 5.74) is 2.51. The van der Waals surface area contributed by atoms with Crippen LogP contribution in [-0.2, 0) is 12.3 Å². The molecule has 2 aromatic carbocycles. The molecule has 0 spiro atoms. The van der Waals surface area contributed by atoms with Crippen molar-refractivity contribution in [3.8, 4) is 5.75 Å². The van der Waals surface area contributed by atoms with Gasteiger partial charge in [-0.05, 0) is 54.2 Å². The lowest BCUT2D eigenvalue weighted by Crippen LogP contribution is -2.15. The maximum absolute atomic E-state index is 6.20. The van der Waals surface area contributed by atoms with Gasteiger partial charge in [0.1, 0.15) is 5.75 Å². The van der Waals surface area contributed by atoms with Crippen molar-refractivity contribution in [2.24, 2.45) is 5.92 Å². The summed E-state index contributed by atoms with van der Waals surface area (Å²) in [6.45, 7) is 11.7. The van der Waals surface area contributed by atoms with Crippen LogP contribution in [0.3, 0.4) is 0 Å². The number of nitrogens with zero attached hydrogens (tertiary/aromatic N) is 3. The largest absolute Gasteiger partial charge is 0.483 e. The molecule has 1 atom stereocenters. The standard InChI is InChI=1S/C24H30ClN3OS/c1-16(2)14-28-23(18(5)29-22-12-8-20(9-13-22)17(3)4)26-27-24(28)30-15-19-6-10-21(25)11-7-19/h6-13,16-18H,14-15H2,1-5H3. The minimum Gasteiger partial charge on any atom is -0.483 e. The van der Waals surface area contributed by atoms with E-state index in [2.05, 4.69) is 54.6 Å². The predicted molar refractivity (Wildman–Crippen MR) is 125 cm³/mol. The van der Waals surface area contributed by atoms with Crippen molar-refractivity contribution in [2.45, 2.75) is 64.1 Å². The van der Waals surface area contributed by atoms with Crippen molar-refractivity contribution in [2.75, 3.05) is 0 Å². The van der Waals surface area contributed by atoms with E-state index < -0.39 is 0 Å². The Hall–Kier alpha value is -1.98. The van der Waals surface area contributed by atoms with Crippen LogP contribution in [-0.4, -0.2) is 14.8 Å². The Morgan fingerprint density at radius 1 is 0.933 bits per heavy atom. The van der Waals surface area contributed by atoms with Gasteiger partial charge in [-0.3, -0.25) is 0 Å². The number of thioether (sulfide) groups is 1. The molecule has 0 aliphatic carbocycles. The van der Waals surface area contributed by atoms with Crippen LogP contribution < -0.4 is 4.74 Å². The molecule has 3 aromatic rings. The Kier molecular flexibility index (Phi) is 7.84. The molecule has 0 saturated heterocycles. The fourth-order valence-corrected chi connectivity index (χ4v) is 4.20. The van der Waals surface area contributed by atoms with Gasteiger partial charge in [0.05, 0.1) is 0 Å². The van der Waals surface area contributed by atoms with E-state index in [1.54, 1.807) is 11.8 Å². The van der Waals surface area contributed by atoms with Crippen molar-refractivity contribution >= 4 is 23.4 Å². The molecule has 0 N–H and O–H groups in total. The second-order valence-electron chi connectivity index (χ2n) is 8.24. The van der Waals surface area contributed by atoms with Gasteiger partial charge in [-0.15, -0.1) is 10.2 Å². The molecule has 0 aliphatic heterocycles. The number of halogens is 1. The van der Waals surface area contributed by atoms with E-state index in [0.717, 1.165) is 34.1 Å². The number of hydrogen-bond donors (Lipinski definition) is 0. The van der Waals surface area contributed by atoms with E-state index in [9.17, 15) is 0 Å². The molecule has 0 fully saturated rings. The average Bonchev–Trinajstić information content (AvgIpc) is 3.10. The molecule has 30 heavy (non-hydrogen) atoms. The summed E-state index contributed by atoms with van der Waals surface area (Å²) >= 11 is 7.68. The Morgan fingerprint density at radius 3 is 2.20 bits per heavy atom. The first-order valence-electron chi connectivity index (χ1n) is 10.4. The highest BCUT2D eigenvalue weighted by molar-refractivity contribution is 7.98. The van der Waals surface area contributed by atoms with Gasteiger partial charge >= 0.3 is 0 Å². The van der Waals surface area contributed by atoms with Crippen LogP contribution in [0.15, 0.2) is 53.7 Å². The second kappa shape index (κ2) is 10.4. The molecule has 6 heteroatoms. The highest BCUT2D eigenvalue weighted by Gasteiger charge is 2.20. The van der Waals surface area contributed by atoms with Gasteiger partial charge in [0.25, 0.3) is 0 Å². The monoisotopic (exact) mass is 443 g/mol. The first-order chi connectivity index (χ1) is 14.3. The lowest BCUT2D eigenvalue weighted by atomic mass is 10.0. The van der Waals surface area contributed by atoms with E-state index in [1.807, 2.05) is 43.3 Å². The van der Waals surface area contributed by atoms with Crippen molar-refractivity contribution in [1.29, 1.82) is 0 Å². The molecule has 0 amide bonds. The maximum Gasteiger partial charge on any atom is 0.191 e. The van der Waals surface area contributed by atoms with Gasteiger partial charge in [0, 0.05) is 17.3 Å². The van der Waals surface area contributed by atoms with Crippen LogP contribution in [0.5, 0.6) is 5.75 Å². The summed E-state index contributed by atoms with van der Waals surface area (Å²) in [5.74, 6) is 3.51. The van der Waals surface area contributed by atoms with E-state index >= 15 is 0 Å². The predicted octanol–water partition coefficient (Wildman–Crippen LogP) is 7.14. The highest BCUT2D eigenvalue weighted by Crippen LogP contribution is 2.28. The van der Waals surface area contributed by atoms with Crippen LogP contribution in [0.25, 0.3) is 0 Å². The number of ether oxygens (including phenoxy) is 1. The lowest BCUT2D eigenvalue weighted by Gasteiger charge is -2.18. The van der Waals surface area contributed by atoms with Crippen LogP contribution in [0.2, 0.25) is 5.02 Å². The first kappa shape index (κ1) is 22.7. The summed E-state index contributed by atoms with van der Waals surface area (Å²) in [7, 11) is 0. The molecule has 1 unspecified atom stereocenters. The summed E-state index contributed by atoms with van der Waals surface area (Å²) in [6.07, 6.45) is -0.189. The number of rotatable bonds is 9. The molecule has 1 aromatic heterocycles. The van der Waals surface area contributed by atoms with E-state index in [-0.39, 0.29) is 6.10 Å². The zero-order valence-electron chi connectivity index (χ0n) is 18.3. The molecular weight excluding hydrogens is 414 g/mol. The summed E-state index contributed by atoms with van der Waals surface area (Å²) in [5, 5.41) is 10.6. The van der Waals surface area contributed by atoms with Gasteiger partial charge in [0.2, 0.25) is 0 Å². The molecule has 4 nitrogen and oxygen atoms in total. The van der Waals surface area contributed by atoms with Crippen LogP contribution in [0, 0.1) is 5.92 Å². The Labute approximate surface area is 189 Å². The van der Waals surface area contributed by atoms with Crippen molar-refractivity contribution in [3.05, 3.63) is 70.5 Å². The van der Waals surface area contributed by atoms with E-state index in [0.29, 0.717) is 11.8 Å². The Bertz CT molecular complexity index is 936. The fraction of sp³-hybridized carbons (Fsp3) is 0.417. The number of benzene rings is 2. The van der Waals surface area contributed by atoms with Crippen LogP contribution >= 0.6 is 23.4 Å². The van der Waals surface area contributed by atoms with E-state index in [4.69, 9.17) is 16.3 Å². The molecule has 3 rings (SSSR count). The topological polar surface area (TPSA) is 39.9 Å². The summed E-state index contributed by atoms with van der Waals surface area (Å²) < 4.78 is 8.39. The third-order valence-electron chi connectivity index (χ3n) is 4.80. The van der Waals surface area contributed by atoms with Crippen molar-refractivity contribution < 1.29 is 4.74 Å². The number of aromatic nitrogens is 3. The SMILES string of the molecule is CC(C)Cn1c(SCc2ccc(Cl)cc2)nnc1C(C)Oc1ccc(C(C)C)cc1. The van der Waals surface area contributed by atoms with Crippen molar-refractivity contribution in [1.82, 2.24) is 14.8 Å².